The molecule has 4 aromatic rings. The summed E-state index contributed by atoms with van der Waals surface area (Å²) in [5.41, 5.74) is 2.71. The second kappa shape index (κ2) is 4.59. The molecule has 4 rings (SSSR count). The molecule has 2 aromatic heterocycles. The van der Waals surface area contributed by atoms with Crippen LogP contribution in [0.3, 0.4) is 0 Å². The van der Waals surface area contributed by atoms with Crippen molar-refractivity contribution in [1.29, 1.82) is 0 Å². The van der Waals surface area contributed by atoms with Crippen molar-refractivity contribution in [3.05, 3.63) is 72.8 Å². The van der Waals surface area contributed by atoms with Gasteiger partial charge in [-0.1, -0.05) is 12.1 Å². The third-order valence-electron chi connectivity index (χ3n) is 3.38. The predicted octanol–water partition coefficient (Wildman–Crippen LogP) is 4.42. The summed E-state index contributed by atoms with van der Waals surface area (Å²) in [5, 5.41) is 0. The second-order valence-electron chi connectivity index (χ2n) is 4.74. The topological polar surface area (TPSA) is 31.0 Å². The van der Waals surface area contributed by atoms with Gasteiger partial charge in [0.1, 0.15) is 11.3 Å². The summed E-state index contributed by atoms with van der Waals surface area (Å²) in [5.74, 6) is -0.0394. The fourth-order valence-electron chi connectivity index (χ4n) is 2.33. The summed E-state index contributed by atoms with van der Waals surface area (Å²) in [7, 11) is 0. The van der Waals surface area contributed by atoms with Crippen LogP contribution in [0.5, 0.6) is 0 Å². The van der Waals surface area contributed by atoms with E-state index in [9.17, 15) is 4.39 Å². The van der Waals surface area contributed by atoms with Gasteiger partial charge in [-0.15, -0.1) is 0 Å². The molecule has 4 heteroatoms. The van der Waals surface area contributed by atoms with Gasteiger partial charge in [-0.3, -0.25) is 0 Å². The first kappa shape index (κ1) is 11.9. The van der Waals surface area contributed by atoms with Crippen molar-refractivity contribution in [2.75, 3.05) is 0 Å². The van der Waals surface area contributed by atoms with Crippen molar-refractivity contribution >= 4 is 11.1 Å². The molecule has 102 valence electrons. The van der Waals surface area contributed by atoms with Gasteiger partial charge in [0.05, 0.1) is 5.56 Å². The fraction of sp³-hybridized carbons (Fsp3) is 0. The molecule has 0 aliphatic heterocycles. The Morgan fingerprint density at radius 3 is 2.57 bits per heavy atom. The largest absolute Gasteiger partial charge is 0.436 e. The summed E-state index contributed by atoms with van der Waals surface area (Å²) in [4.78, 5) is 4.39. The maximum Gasteiger partial charge on any atom is 0.230 e. The number of halogens is 1. The lowest BCUT2D eigenvalue weighted by Crippen LogP contribution is -1.88. The first-order valence-corrected chi connectivity index (χ1v) is 6.60. The molecule has 0 radical (unpaired) electrons. The molecular weight excluding hydrogens is 267 g/mol. The number of hydrogen-bond acceptors (Lipinski definition) is 2. The minimum absolute atomic E-state index is 0.299. The van der Waals surface area contributed by atoms with Gasteiger partial charge in [0.15, 0.2) is 5.58 Å². The van der Waals surface area contributed by atoms with Gasteiger partial charge < -0.3 is 8.98 Å². The Labute approximate surface area is 120 Å². The van der Waals surface area contributed by atoms with Crippen molar-refractivity contribution in [2.45, 2.75) is 0 Å². The molecule has 0 aliphatic carbocycles. The zero-order chi connectivity index (χ0) is 14.2. The van der Waals surface area contributed by atoms with E-state index in [1.165, 1.54) is 6.07 Å². The predicted molar refractivity (Wildman–Crippen MR) is 78.7 cm³/mol. The van der Waals surface area contributed by atoms with Crippen LogP contribution in [0, 0.1) is 5.82 Å². The highest BCUT2D eigenvalue weighted by molar-refractivity contribution is 5.78. The Balaban J connectivity index is 1.85. The van der Waals surface area contributed by atoms with Crippen LogP contribution >= 0.6 is 0 Å². The molecule has 2 heterocycles. The number of benzene rings is 2. The summed E-state index contributed by atoms with van der Waals surface area (Å²) in [6, 6.07) is 16.1. The standard InChI is InChI=1S/C17H11FN2O/c18-14-6-2-1-5-13(14)17-19-15-11-12(7-8-16(15)21-17)20-9-3-4-10-20/h1-11H. The molecule has 0 saturated carbocycles. The van der Waals surface area contributed by atoms with Gasteiger partial charge in [0.2, 0.25) is 5.89 Å². The van der Waals surface area contributed by atoms with Gasteiger partial charge in [-0.2, -0.15) is 0 Å². The zero-order valence-electron chi connectivity index (χ0n) is 11.0. The van der Waals surface area contributed by atoms with Crippen molar-refractivity contribution in [2.24, 2.45) is 0 Å². The molecule has 0 aliphatic rings. The van der Waals surface area contributed by atoms with Crippen LogP contribution in [0.4, 0.5) is 4.39 Å². The van der Waals surface area contributed by atoms with E-state index >= 15 is 0 Å². The van der Waals surface area contributed by atoms with Gasteiger partial charge in [-0.05, 0) is 42.5 Å². The van der Waals surface area contributed by atoms with E-state index in [-0.39, 0.29) is 5.82 Å². The van der Waals surface area contributed by atoms with Crippen LogP contribution in [0.15, 0.2) is 71.4 Å². The molecule has 0 bridgehead atoms. The number of oxazole rings is 1. The third kappa shape index (κ3) is 2.01. The maximum atomic E-state index is 13.8. The normalized spacial score (nSPS) is 11.1. The zero-order valence-corrected chi connectivity index (χ0v) is 11.0. The molecular formula is C17H11FN2O. The smallest absolute Gasteiger partial charge is 0.230 e. The van der Waals surface area contributed by atoms with E-state index in [1.54, 1.807) is 18.2 Å². The van der Waals surface area contributed by atoms with Crippen molar-refractivity contribution in [1.82, 2.24) is 9.55 Å². The van der Waals surface area contributed by atoms with Crippen molar-refractivity contribution in [3.63, 3.8) is 0 Å². The number of fused-ring (bicyclic) bond motifs is 1. The average molecular weight is 278 g/mol. The molecule has 0 saturated heterocycles. The van der Waals surface area contributed by atoms with Crippen LogP contribution in [0.25, 0.3) is 28.2 Å². The molecule has 0 atom stereocenters. The lowest BCUT2D eigenvalue weighted by atomic mass is 10.2. The SMILES string of the molecule is Fc1ccccc1-c1nc2cc(-n3cccc3)ccc2o1. The molecule has 0 amide bonds. The summed E-state index contributed by atoms with van der Waals surface area (Å²) in [6.45, 7) is 0. The molecule has 21 heavy (non-hydrogen) atoms. The third-order valence-corrected chi connectivity index (χ3v) is 3.38. The first-order chi connectivity index (χ1) is 10.3. The lowest BCUT2D eigenvalue weighted by Gasteiger charge is -2.00. The average Bonchev–Trinajstić information content (AvgIpc) is 3.16. The Morgan fingerprint density at radius 1 is 0.952 bits per heavy atom. The second-order valence-corrected chi connectivity index (χ2v) is 4.74. The first-order valence-electron chi connectivity index (χ1n) is 6.60. The van der Waals surface area contributed by atoms with E-state index in [4.69, 9.17) is 4.42 Å². The quantitative estimate of drug-likeness (QED) is 0.543. The fourth-order valence-corrected chi connectivity index (χ4v) is 2.33. The van der Waals surface area contributed by atoms with Crippen LogP contribution in [-0.4, -0.2) is 9.55 Å². The van der Waals surface area contributed by atoms with Gasteiger partial charge in [0, 0.05) is 18.1 Å². The van der Waals surface area contributed by atoms with Crippen LogP contribution < -0.4 is 0 Å². The minimum Gasteiger partial charge on any atom is -0.436 e. The Kier molecular flexibility index (Phi) is 2.60. The van der Waals surface area contributed by atoms with Crippen LogP contribution in [-0.2, 0) is 0 Å². The Bertz CT molecular complexity index is 910. The van der Waals surface area contributed by atoms with E-state index < -0.39 is 0 Å². The molecule has 2 aromatic carbocycles. The number of hydrogen-bond donors (Lipinski definition) is 0. The lowest BCUT2D eigenvalue weighted by molar-refractivity contribution is 0.593. The van der Waals surface area contributed by atoms with Crippen LogP contribution in [0.1, 0.15) is 0 Å². The van der Waals surface area contributed by atoms with Gasteiger partial charge in [-0.25, -0.2) is 9.37 Å². The highest BCUT2D eigenvalue weighted by Crippen LogP contribution is 2.27. The van der Waals surface area contributed by atoms with E-state index in [2.05, 4.69) is 4.98 Å². The maximum absolute atomic E-state index is 13.8. The molecule has 0 fully saturated rings. The summed E-state index contributed by atoms with van der Waals surface area (Å²) in [6.07, 6.45) is 3.91. The number of aromatic nitrogens is 2. The molecule has 0 N–H and O–H groups in total. The van der Waals surface area contributed by atoms with E-state index in [1.807, 2.05) is 47.3 Å². The minimum atomic E-state index is -0.338. The molecule has 0 unspecified atom stereocenters. The van der Waals surface area contributed by atoms with Gasteiger partial charge >= 0.3 is 0 Å². The van der Waals surface area contributed by atoms with E-state index in [0.29, 0.717) is 22.6 Å². The monoisotopic (exact) mass is 278 g/mol. The number of nitrogens with zero attached hydrogens (tertiary/aromatic N) is 2. The number of rotatable bonds is 2. The molecule has 0 spiro atoms. The Morgan fingerprint density at radius 2 is 1.76 bits per heavy atom. The molecule has 3 nitrogen and oxygen atoms in total. The van der Waals surface area contributed by atoms with Gasteiger partial charge in [0.25, 0.3) is 0 Å². The van der Waals surface area contributed by atoms with E-state index in [0.717, 1.165) is 5.69 Å². The highest BCUT2D eigenvalue weighted by atomic mass is 19.1. The van der Waals surface area contributed by atoms with Crippen molar-refractivity contribution in [3.8, 4) is 17.1 Å². The summed E-state index contributed by atoms with van der Waals surface area (Å²) >= 11 is 0. The Hall–Kier alpha value is -2.88. The van der Waals surface area contributed by atoms with Crippen molar-refractivity contribution < 1.29 is 8.81 Å². The van der Waals surface area contributed by atoms with Crippen LogP contribution in [0.2, 0.25) is 0 Å². The highest BCUT2D eigenvalue weighted by Gasteiger charge is 2.12. The summed E-state index contributed by atoms with van der Waals surface area (Å²) < 4.78 is 21.4.